The zero-order chi connectivity index (χ0) is 44.4. The van der Waals surface area contributed by atoms with Gasteiger partial charge in [0.2, 0.25) is 0 Å². The number of ether oxygens (including phenoxy) is 3. The number of hydrogen-bond donors (Lipinski definition) is 0. The quantitative estimate of drug-likeness (QED) is 0.0266. The topological polar surface area (TPSA) is 27.7 Å². The Morgan fingerprint density at radius 3 is 1.18 bits per heavy atom. The van der Waals surface area contributed by atoms with E-state index in [0.717, 1.165) is 44.4 Å². The Kier molecular flexibility index (Phi) is 24.6. The Morgan fingerprint density at radius 1 is 0.419 bits per heavy atom. The second kappa shape index (κ2) is 29.2. The summed E-state index contributed by atoms with van der Waals surface area (Å²) in [6.07, 6.45) is 23.1. The lowest BCUT2D eigenvalue weighted by atomic mass is 9.51. The number of hydrogen-bond acceptors (Lipinski definition) is 3. The minimum absolute atomic E-state index is 0.173. The van der Waals surface area contributed by atoms with Gasteiger partial charge in [0.25, 0.3) is 5.97 Å². The zero-order valence-corrected chi connectivity index (χ0v) is 42.1. The first-order valence-corrected chi connectivity index (χ1v) is 28.1. The van der Waals surface area contributed by atoms with Gasteiger partial charge in [0.15, 0.2) is 0 Å². The summed E-state index contributed by atoms with van der Waals surface area (Å²) in [5, 5.41) is 5.88. The number of unbranched alkanes of at least 4 members (excludes halogenated alkanes) is 10. The fourth-order valence-corrected chi connectivity index (χ4v) is 15.6. The smallest absolute Gasteiger partial charge is 0.289 e. The first-order valence-electron chi connectivity index (χ1n) is 25.1. The normalized spacial score (nSPS) is 14.5. The summed E-state index contributed by atoms with van der Waals surface area (Å²) in [7, 11) is -1.16. The van der Waals surface area contributed by atoms with Crippen molar-refractivity contribution in [3.05, 3.63) is 121 Å². The summed E-state index contributed by atoms with van der Waals surface area (Å²) in [6, 6.07) is 45.6. The molecule has 0 saturated carbocycles. The van der Waals surface area contributed by atoms with E-state index in [0.29, 0.717) is 25.7 Å². The molecule has 0 spiro atoms. The van der Waals surface area contributed by atoms with Gasteiger partial charge in [-0.1, -0.05) is 226 Å². The van der Waals surface area contributed by atoms with E-state index < -0.39 is 27.2 Å². The van der Waals surface area contributed by atoms with Crippen molar-refractivity contribution in [2.75, 3.05) is 32.1 Å². The maximum Gasteiger partial charge on any atom is 0.289 e. The molecule has 0 aliphatic carbocycles. The van der Waals surface area contributed by atoms with Gasteiger partial charge < -0.3 is 14.2 Å². The van der Waals surface area contributed by atoms with Crippen molar-refractivity contribution in [2.45, 2.75) is 164 Å². The molecule has 0 heterocycles. The maximum absolute atomic E-state index is 7.13. The second-order valence-corrected chi connectivity index (χ2v) is 22.3. The van der Waals surface area contributed by atoms with Gasteiger partial charge in [-0.2, -0.15) is 0 Å². The molecule has 0 aliphatic heterocycles. The third-order valence-electron chi connectivity index (χ3n) is 13.9. The van der Waals surface area contributed by atoms with Crippen molar-refractivity contribution in [3.8, 4) is 0 Å². The predicted molar refractivity (Wildman–Crippen MR) is 275 cm³/mol. The van der Waals surface area contributed by atoms with Crippen molar-refractivity contribution in [2.24, 2.45) is 16.7 Å². The highest BCUT2D eigenvalue weighted by molar-refractivity contribution is 7.73. The van der Waals surface area contributed by atoms with Crippen LogP contribution in [0.2, 0.25) is 0 Å². The van der Waals surface area contributed by atoms with E-state index in [9.17, 15) is 0 Å². The molecule has 3 atom stereocenters. The summed E-state index contributed by atoms with van der Waals surface area (Å²) >= 11 is 0. The molecule has 3 unspecified atom stereocenters. The van der Waals surface area contributed by atoms with E-state index in [1.54, 1.807) is 0 Å². The van der Waals surface area contributed by atoms with E-state index in [4.69, 9.17) is 14.2 Å². The van der Waals surface area contributed by atoms with Gasteiger partial charge in [-0.15, -0.1) is 0 Å². The van der Waals surface area contributed by atoms with Crippen LogP contribution < -0.4 is 21.2 Å². The molecule has 62 heavy (non-hydrogen) atoms. The standard InChI is InChI=1S/C57H86O3P2/c1-8-14-16-18-19-20-21-35-46-56(10-3,57(58-11-4,59-12-5)60-13-6)55(7,47-49-62(53-41-31-24-32-42-53)54-43-33-25-34-44-54)50(36-26-17-15-9-2)45-48-61(51-37-27-22-28-38-51)52-39-29-23-30-40-52/h22-25,27-34,37-44,50H,8-21,26,35-36,45-49H2,1-7H3. The van der Waals surface area contributed by atoms with Gasteiger partial charge in [-0.25, -0.2) is 0 Å². The molecule has 0 saturated heterocycles. The van der Waals surface area contributed by atoms with Crippen LogP contribution in [0.25, 0.3) is 0 Å². The van der Waals surface area contributed by atoms with Crippen LogP contribution in [0, 0.1) is 16.7 Å². The molecule has 0 N–H and O–H groups in total. The van der Waals surface area contributed by atoms with Gasteiger partial charge in [0, 0.05) is 19.8 Å². The number of benzene rings is 4. The van der Waals surface area contributed by atoms with E-state index in [2.05, 4.69) is 170 Å². The molecule has 3 nitrogen and oxygen atoms in total. The van der Waals surface area contributed by atoms with E-state index in [1.165, 1.54) is 98.3 Å². The fourth-order valence-electron chi connectivity index (χ4n) is 10.6. The molecule has 5 heteroatoms. The molecule has 0 aliphatic rings. The molecular weight excluding hydrogens is 795 g/mol. The highest BCUT2D eigenvalue weighted by Gasteiger charge is 2.64. The molecule has 0 bridgehead atoms. The maximum atomic E-state index is 7.13. The van der Waals surface area contributed by atoms with E-state index in [-0.39, 0.29) is 5.41 Å². The van der Waals surface area contributed by atoms with Gasteiger partial charge in [-0.3, -0.25) is 0 Å². The summed E-state index contributed by atoms with van der Waals surface area (Å²) < 4.78 is 21.4. The molecule has 0 fully saturated rings. The monoisotopic (exact) mass is 881 g/mol. The van der Waals surface area contributed by atoms with Crippen molar-refractivity contribution in [1.82, 2.24) is 0 Å². The Labute approximate surface area is 383 Å². The highest BCUT2D eigenvalue weighted by atomic mass is 31.1. The van der Waals surface area contributed by atoms with Gasteiger partial charge in [0.05, 0.1) is 5.41 Å². The average molecular weight is 881 g/mol. The molecule has 4 aromatic rings. The van der Waals surface area contributed by atoms with Crippen LogP contribution in [0.4, 0.5) is 0 Å². The Hall–Kier alpha value is -2.38. The van der Waals surface area contributed by atoms with Gasteiger partial charge in [0.1, 0.15) is 0 Å². The molecule has 4 rings (SSSR count). The van der Waals surface area contributed by atoms with Crippen LogP contribution in [0.1, 0.15) is 158 Å². The van der Waals surface area contributed by atoms with Crippen LogP contribution >= 0.6 is 15.8 Å². The molecule has 4 aromatic carbocycles. The van der Waals surface area contributed by atoms with Crippen LogP contribution in [-0.4, -0.2) is 38.1 Å². The van der Waals surface area contributed by atoms with E-state index in [1.807, 2.05) is 0 Å². The predicted octanol–water partition coefficient (Wildman–Crippen LogP) is 15.3. The van der Waals surface area contributed by atoms with Crippen molar-refractivity contribution >= 4 is 37.1 Å². The molecule has 0 radical (unpaired) electrons. The first kappa shape index (κ1) is 52.2. The Morgan fingerprint density at radius 2 is 0.790 bits per heavy atom. The Bertz CT molecular complexity index is 1590. The third-order valence-corrected chi connectivity index (χ3v) is 18.9. The Balaban J connectivity index is 1.94. The average Bonchev–Trinajstić information content (AvgIpc) is 3.31. The highest BCUT2D eigenvalue weighted by Crippen LogP contribution is 2.63. The minimum Gasteiger partial charge on any atom is -0.327 e. The summed E-state index contributed by atoms with van der Waals surface area (Å²) in [5.74, 6) is -0.710. The van der Waals surface area contributed by atoms with Crippen LogP contribution in [0.5, 0.6) is 0 Å². The SMILES string of the molecule is CCCCCCCCCCC(CC)(C(OCC)(OCC)OCC)C(C)(CCP(c1ccccc1)c1ccccc1)C(CCCCCC)CCP(c1ccccc1)c1ccccc1. The molecular formula is C57H86O3P2. The molecule has 342 valence electrons. The lowest BCUT2D eigenvalue weighted by molar-refractivity contribution is -0.450. The summed E-state index contributed by atoms with van der Waals surface area (Å²) in [6.45, 7) is 17.9. The van der Waals surface area contributed by atoms with Crippen molar-refractivity contribution in [1.29, 1.82) is 0 Å². The van der Waals surface area contributed by atoms with Crippen LogP contribution in [0.3, 0.4) is 0 Å². The summed E-state index contributed by atoms with van der Waals surface area (Å²) in [5.41, 5.74) is -0.566. The lowest BCUT2D eigenvalue weighted by Gasteiger charge is -2.60. The van der Waals surface area contributed by atoms with Gasteiger partial charge >= 0.3 is 0 Å². The lowest BCUT2D eigenvalue weighted by Crippen LogP contribution is -2.63. The number of rotatable bonds is 34. The van der Waals surface area contributed by atoms with Crippen LogP contribution in [-0.2, 0) is 14.2 Å². The van der Waals surface area contributed by atoms with E-state index >= 15 is 0 Å². The van der Waals surface area contributed by atoms with Crippen molar-refractivity contribution < 1.29 is 14.2 Å². The molecule has 0 amide bonds. The second-order valence-electron chi connectivity index (χ2n) is 17.7. The third kappa shape index (κ3) is 14.6. The first-order chi connectivity index (χ1) is 30.4. The largest absolute Gasteiger partial charge is 0.327 e. The minimum atomic E-state index is -1.15. The summed E-state index contributed by atoms with van der Waals surface area (Å²) in [4.78, 5) is 0. The van der Waals surface area contributed by atoms with Crippen molar-refractivity contribution in [3.63, 3.8) is 0 Å². The fraction of sp³-hybridized carbons (Fsp3) is 0.579. The zero-order valence-electron chi connectivity index (χ0n) is 40.3. The molecule has 0 aromatic heterocycles. The van der Waals surface area contributed by atoms with Crippen LogP contribution in [0.15, 0.2) is 121 Å². The van der Waals surface area contributed by atoms with Gasteiger partial charge in [-0.05, 0) is 114 Å².